The highest BCUT2D eigenvalue weighted by Crippen LogP contribution is 2.35. The molecule has 6 aromatic rings. The second kappa shape index (κ2) is 9.43. The van der Waals surface area contributed by atoms with Crippen molar-refractivity contribution in [3.63, 3.8) is 0 Å². The number of aryl methyl sites for hydroxylation is 1. The van der Waals surface area contributed by atoms with Crippen molar-refractivity contribution in [1.82, 2.24) is 40.4 Å². The highest BCUT2D eigenvalue weighted by molar-refractivity contribution is 5.83. The first-order chi connectivity index (χ1) is 19.1. The van der Waals surface area contributed by atoms with Crippen LogP contribution in [0.3, 0.4) is 0 Å². The SMILES string of the molecule is Cc1cc(=O)[nH]nc1-c1ccc2c(c1)nc(CC1CC1)n2Cc1ccc(-c2ccccc2-c2nn[nH]n2)cc1. The summed E-state index contributed by atoms with van der Waals surface area (Å²) in [7, 11) is 0. The average molecular weight is 515 g/mol. The summed E-state index contributed by atoms with van der Waals surface area (Å²) in [4.78, 5) is 16.7. The molecule has 1 saturated carbocycles. The Labute approximate surface area is 224 Å². The van der Waals surface area contributed by atoms with Gasteiger partial charge in [0.1, 0.15) is 5.82 Å². The van der Waals surface area contributed by atoms with Crippen LogP contribution >= 0.6 is 0 Å². The molecule has 9 heteroatoms. The number of rotatable bonds is 7. The van der Waals surface area contributed by atoms with Gasteiger partial charge in [0.25, 0.3) is 5.56 Å². The first-order valence-corrected chi connectivity index (χ1v) is 13.1. The van der Waals surface area contributed by atoms with E-state index in [0.29, 0.717) is 11.7 Å². The van der Waals surface area contributed by atoms with E-state index < -0.39 is 0 Å². The Morgan fingerprint density at radius 1 is 0.923 bits per heavy atom. The molecule has 39 heavy (non-hydrogen) atoms. The minimum absolute atomic E-state index is 0.197. The molecule has 2 N–H and O–H groups in total. The van der Waals surface area contributed by atoms with Crippen LogP contribution in [-0.4, -0.2) is 40.4 Å². The summed E-state index contributed by atoms with van der Waals surface area (Å²) in [5.41, 5.74) is 8.71. The van der Waals surface area contributed by atoms with E-state index in [1.807, 2.05) is 25.1 Å². The van der Waals surface area contributed by atoms with Gasteiger partial charge in [0.05, 0.1) is 16.7 Å². The standard InChI is InChI=1S/C30H26N8O/c1-18-14-28(39)32-33-29(18)22-12-13-26-25(16-22)31-27(15-19-6-7-19)38(26)17-20-8-10-21(11-9-20)23-4-2-3-5-24(23)30-34-36-37-35-30/h2-5,8-14,16,19H,6-7,15,17H2,1H3,(H,32,39)(H,34,35,36,37). The lowest BCUT2D eigenvalue weighted by Gasteiger charge is -2.11. The molecule has 0 aliphatic heterocycles. The summed E-state index contributed by atoms with van der Waals surface area (Å²) in [5.74, 6) is 2.41. The zero-order valence-corrected chi connectivity index (χ0v) is 21.4. The molecule has 0 atom stereocenters. The third kappa shape index (κ3) is 4.52. The fraction of sp³-hybridized carbons (Fsp3) is 0.200. The number of benzene rings is 3. The van der Waals surface area contributed by atoms with Gasteiger partial charge in [-0.3, -0.25) is 4.79 Å². The molecule has 7 rings (SSSR count). The summed E-state index contributed by atoms with van der Waals surface area (Å²) in [5, 5.41) is 21.4. The van der Waals surface area contributed by atoms with Crippen LogP contribution in [0.25, 0.3) is 44.8 Å². The molecule has 0 spiro atoms. The van der Waals surface area contributed by atoms with E-state index in [-0.39, 0.29) is 5.56 Å². The monoisotopic (exact) mass is 514 g/mol. The number of hydrogen-bond donors (Lipinski definition) is 2. The zero-order chi connectivity index (χ0) is 26.3. The number of fused-ring (bicyclic) bond motifs is 1. The predicted octanol–water partition coefficient (Wildman–Crippen LogP) is 4.94. The molecule has 192 valence electrons. The Morgan fingerprint density at radius 3 is 2.46 bits per heavy atom. The molecule has 0 bridgehead atoms. The Bertz CT molecular complexity index is 1850. The normalized spacial score (nSPS) is 13.3. The molecule has 0 amide bonds. The molecule has 3 aromatic heterocycles. The van der Waals surface area contributed by atoms with Crippen molar-refractivity contribution in [3.8, 4) is 33.8 Å². The summed E-state index contributed by atoms with van der Waals surface area (Å²) < 4.78 is 2.34. The minimum Gasteiger partial charge on any atom is -0.323 e. The van der Waals surface area contributed by atoms with E-state index in [1.165, 1.54) is 18.4 Å². The Balaban J connectivity index is 1.23. The van der Waals surface area contributed by atoms with Gasteiger partial charge in [-0.15, -0.1) is 10.2 Å². The molecule has 9 nitrogen and oxygen atoms in total. The Morgan fingerprint density at radius 2 is 1.72 bits per heavy atom. The van der Waals surface area contributed by atoms with Crippen LogP contribution < -0.4 is 5.56 Å². The minimum atomic E-state index is -0.197. The summed E-state index contributed by atoms with van der Waals surface area (Å²) >= 11 is 0. The van der Waals surface area contributed by atoms with E-state index in [0.717, 1.165) is 63.3 Å². The lowest BCUT2D eigenvalue weighted by molar-refractivity contribution is 0.692. The fourth-order valence-corrected chi connectivity index (χ4v) is 5.21. The van der Waals surface area contributed by atoms with Crippen molar-refractivity contribution in [1.29, 1.82) is 0 Å². The van der Waals surface area contributed by atoms with Gasteiger partial charge in [-0.05, 0) is 65.3 Å². The van der Waals surface area contributed by atoms with Gasteiger partial charge in [0.2, 0.25) is 5.82 Å². The average Bonchev–Trinajstić information content (AvgIpc) is 3.47. The number of hydrogen-bond acceptors (Lipinski definition) is 6. The molecule has 3 aromatic carbocycles. The van der Waals surface area contributed by atoms with Crippen molar-refractivity contribution in [2.45, 2.75) is 32.7 Å². The van der Waals surface area contributed by atoms with Crippen molar-refractivity contribution >= 4 is 11.0 Å². The first-order valence-electron chi connectivity index (χ1n) is 13.1. The smallest absolute Gasteiger partial charge is 0.264 e. The van der Waals surface area contributed by atoms with Crippen LogP contribution in [0.1, 0.15) is 29.8 Å². The zero-order valence-electron chi connectivity index (χ0n) is 21.4. The van der Waals surface area contributed by atoms with Crippen molar-refractivity contribution < 1.29 is 0 Å². The maximum Gasteiger partial charge on any atom is 0.264 e. The van der Waals surface area contributed by atoms with Gasteiger partial charge in [0, 0.05) is 30.2 Å². The van der Waals surface area contributed by atoms with Crippen LogP contribution in [-0.2, 0) is 13.0 Å². The number of nitrogens with one attached hydrogen (secondary N) is 2. The third-order valence-corrected chi connectivity index (χ3v) is 7.39. The number of tetrazole rings is 1. The van der Waals surface area contributed by atoms with Crippen molar-refractivity contribution in [2.75, 3.05) is 0 Å². The van der Waals surface area contributed by atoms with Crippen LogP contribution in [0.5, 0.6) is 0 Å². The van der Waals surface area contributed by atoms with Crippen LogP contribution in [0.4, 0.5) is 0 Å². The molecule has 0 unspecified atom stereocenters. The van der Waals surface area contributed by atoms with Gasteiger partial charge in [-0.1, -0.05) is 54.6 Å². The van der Waals surface area contributed by atoms with Gasteiger partial charge >= 0.3 is 0 Å². The molecular weight excluding hydrogens is 488 g/mol. The quantitative estimate of drug-likeness (QED) is 0.311. The van der Waals surface area contributed by atoms with E-state index >= 15 is 0 Å². The highest BCUT2D eigenvalue weighted by Gasteiger charge is 2.25. The molecule has 1 aliphatic carbocycles. The summed E-state index contributed by atoms with van der Waals surface area (Å²) in [6, 6.07) is 24.6. The topological polar surface area (TPSA) is 118 Å². The van der Waals surface area contributed by atoms with E-state index in [1.54, 1.807) is 6.07 Å². The van der Waals surface area contributed by atoms with Crippen LogP contribution in [0, 0.1) is 12.8 Å². The van der Waals surface area contributed by atoms with Gasteiger partial charge in [0.15, 0.2) is 0 Å². The maximum atomic E-state index is 11.6. The third-order valence-electron chi connectivity index (χ3n) is 7.39. The number of aromatic amines is 2. The molecular formula is C30H26N8O. The van der Waals surface area contributed by atoms with Crippen LogP contribution in [0.2, 0.25) is 0 Å². The Hall–Kier alpha value is -4.92. The lowest BCUT2D eigenvalue weighted by Crippen LogP contribution is -2.08. The van der Waals surface area contributed by atoms with E-state index in [2.05, 4.69) is 83.9 Å². The largest absolute Gasteiger partial charge is 0.323 e. The molecule has 3 heterocycles. The number of imidazole rings is 1. The van der Waals surface area contributed by atoms with Crippen LogP contribution in [0.15, 0.2) is 77.6 Å². The second-order valence-electron chi connectivity index (χ2n) is 10.2. The molecule has 1 aliphatic rings. The van der Waals surface area contributed by atoms with Gasteiger partial charge in [-0.25, -0.2) is 10.1 Å². The maximum absolute atomic E-state index is 11.6. The number of nitrogens with zero attached hydrogens (tertiary/aromatic N) is 6. The fourth-order valence-electron chi connectivity index (χ4n) is 5.21. The molecule has 0 radical (unpaired) electrons. The van der Waals surface area contributed by atoms with E-state index in [4.69, 9.17) is 4.98 Å². The Kier molecular flexibility index (Phi) is 5.61. The summed E-state index contributed by atoms with van der Waals surface area (Å²) in [6.45, 7) is 2.64. The van der Waals surface area contributed by atoms with Crippen molar-refractivity contribution in [3.05, 3.63) is 100 Å². The highest BCUT2D eigenvalue weighted by atomic mass is 16.1. The van der Waals surface area contributed by atoms with Gasteiger partial charge < -0.3 is 4.57 Å². The molecule has 1 fully saturated rings. The van der Waals surface area contributed by atoms with E-state index in [9.17, 15) is 4.79 Å². The van der Waals surface area contributed by atoms with Crippen molar-refractivity contribution in [2.24, 2.45) is 5.92 Å². The number of H-pyrrole nitrogens is 2. The number of aromatic nitrogens is 8. The lowest BCUT2D eigenvalue weighted by atomic mass is 9.98. The predicted molar refractivity (Wildman–Crippen MR) is 149 cm³/mol. The first kappa shape index (κ1) is 23.2. The summed E-state index contributed by atoms with van der Waals surface area (Å²) in [6.07, 6.45) is 3.52. The molecule has 0 saturated heterocycles. The second-order valence-corrected chi connectivity index (χ2v) is 10.2. The van der Waals surface area contributed by atoms with Gasteiger partial charge in [-0.2, -0.15) is 10.3 Å².